The molecule has 5 aromatic carbocycles. The fourth-order valence-electron chi connectivity index (χ4n) is 6.36. The fourth-order valence-corrected chi connectivity index (χ4v) is 7.17. The molecule has 0 unspecified atom stereocenters. The molecule has 0 aliphatic carbocycles. The van der Waals surface area contributed by atoms with Crippen LogP contribution in [-0.2, 0) is 12.8 Å². The van der Waals surface area contributed by atoms with E-state index in [9.17, 15) is 0 Å². The van der Waals surface area contributed by atoms with Crippen LogP contribution in [0, 0.1) is 0 Å². The summed E-state index contributed by atoms with van der Waals surface area (Å²) in [6.07, 6.45) is 12.6. The van der Waals surface area contributed by atoms with Crippen molar-refractivity contribution in [2.75, 3.05) is 0 Å². The fraction of sp³-hybridized carbons (Fsp3) is 0.273. The van der Waals surface area contributed by atoms with Crippen LogP contribution in [-0.4, -0.2) is 9.97 Å². The second-order valence-electron chi connectivity index (χ2n) is 12.8. The molecule has 0 saturated heterocycles. The van der Waals surface area contributed by atoms with Crippen LogP contribution < -0.4 is 0 Å². The van der Waals surface area contributed by atoms with Gasteiger partial charge in [0.2, 0.25) is 0 Å². The molecule has 0 atom stereocenters. The highest BCUT2D eigenvalue weighted by atomic mass is 79.9. The first-order chi connectivity index (χ1) is 23.5. The molecule has 0 aliphatic rings. The average Bonchev–Trinajstić information content (AvgIpc) is 3.14. The number of halogens is 2. The third-order valence-corrected chi connectivity index (χ3v) is 10.5. The van der Waals surface area contributed by atoms with E-state index in [1.54, 1.807) is 0 Å². The lowest BCUT2D eigenvalue weighted by Gasteiger charge is -2.13. The predicted molar refractivity (Wildman–Crippen MR) is 212 cm³/mol. The number of rotatable bonds is 14. The van der Waals surface area contributed by atoms with Crippen LogP contribution in [0.3, 0.4) is 0 Å². The van der Waals surface area contributed by atoms with Crippen molar-refractivity contribution in [3.8, 4) is 44.8 Å². The third-order valence-electron chi connectivity index (χ3n) is 9.25. The highest BCUT2D eigenvalue weighted by molar-refractivity contribution is 9.11. The Hall–Kier alpha value is -3.60. The van der Waals surface area contributed by atoms with Gasteiger partial charge in [-0.1, -0.05) is 149 Å². The molecule has 0 spiro atoms. The van der Waals surface area contributed by atoms with E-state index in [1.165, 1.54) is 84.7 Å². The maximum absolute atomic E-state index is 5.22. The Labute approximate surface area is 303 Å². The number of aryl methyl sites for hydroxylation is 2. The summed E-state index contributed by atoms with van der Waals surface area (Å²) in [7, 11) is 0. The van der Waals surface area contributed by atoms with Gasteiger partial charge in [-0.15, -0.1) is 0 Å². The molecule has 1 aromatic heterocycles. The molecular weight excluding hydrogens is 716 g/mol. The van der Waals surface area contributed by atoms with Gasteiger partial charge in [-0.2, -0.15) is 0 Å². The minimum atomic E-state index is 0.841. The van der Waals surface area contributed by atoms with Gasteiger partial charge in [0.1, 0.15) is 11.0 Å². The highest BCUT2D eigenvalue weighted by Gasteiger charge is 2.17. The topological polar surface area (TPSA) is 25.8 Å². The lowest BCUT2D eigenvalue weighted by atomic mass is 9.97. The number of aromatic nitrogens is 2. The number of hydrogen-bond acceptors (Lipinski definition) is 2. The molecule has 4 heteroatoms. The van der Waals surface area contributed by atoms with Gasteiger partial charge in [0, 0.05) is 20.1 Å². The van der Waals surface area contributed by atoms with Crippen molar-refractivity contribution in [3.63, 3.8) is 0 Å². The second kappa shape index (κ2) is 16.7. The van der Waals surface area contributed by atoms with Gasteiger partial charge >= 0.3 is 0 Å². The Morgan fingerprint density at radius 2 is 0.688 bits per heavy atom. The third kappa shape index (κ3) is 8.33. The van der Waals surface area contributed by atoms with E-state index < -0.39 is 0 Å². The predicted octanol–water partition coefficient (Wildman–Crippen LogP) is 14.1. The zero-order valence-corrected chi connectivity index (χ0v) is 31.3. The Morgan fingerprint density at radius 1 is 0.375 bits per heavy atom. The largest absolute Gasteiger partial charge is 0.243 e. The summed E-state index contributed by atoms with van der Waals surface area (Å²) in [6, 6.07) is 39.7. The molecule has 0 aliphatic heterocycles. The van der Waals surface area contributed by atoms with E-state index in [-0.39, 0.29) is 0 Å². The first-order valence-corrected chi connectivity index (χ1v) is 19.2. The van der Waals surface area contributed by atoms with Crippen molar-refractivity contribution < 1.29 is 0 Å². The summed E-state index contributed by atoms with van der Waals surface area (Å²) < 4.78 is 1.85. The van der Waals surface area contributed by atoms with Gasteiger partial charge in [0.25, 0.3) is 0 Å². The molecule has 1 heterocycles. The van der Waals surface area contributed by atoms with Crippen molar-refractivity contribution in [2.45, 2.75) is 78.1 Å². The Bertz CT molecular complexity index is 1780. The average molecular weight is 761 g/mol. The van der Waals surface area contributed by atoms with E-state index in [0.29, 0.717) is 0 Å². The van der Waals surface area contributed by atoms with Gasteiger partial charge < -0.3 is 0 Å². The van der Waals surface area contributed by atoms with Crippen LogP contribution in [0.25, 0.3) is 55.8 Å². The van der Waals surface area contributed by atoms with Crippen LogP contribution in [0.15, 0.2) is 118 Å². The van der Waals surface area contributed by atoms with Crippen molar-refractivity contribution in [3.05, 3.63) is 129 Å². The molecule has 0 fully saturated rings. The number of benzene rings is 5. The lowest BCUT2D eigenvalue weighted by molar-refractivity contribution is 0.667. The molecule has 0 radical (unpaired) electrons. The molecule has 0 saturated carbocycles. The van der Waals surface area contributed by atoms with Crippen molar-refractivity contribution in [1.82, 2.24) is 9.97 Å². The number of nitrogens with zero attached hydrogens (tertiary/aromatic N) is 2. The van der Waals surface area contributed by atoms with Crippen LogP contribution >= 0.6 is 31.9 Å². The molecule has 0 bridgehead atoms. The Kier molecular flexibility index (Phi) is 11.9. The van der Waals surface area contributed by atoms with Gasteiger partial charge in [0.15, 0.2) is 0 Å². The van der Waals surface area contributed by atoms with Gasteiger partial charge in [-0.3, -0.25) is 0 Å². The van der Waals surface area contributed by atoms with E-state index in [2.05, 4.69) is 143 Å². The monoisotopic (exact) mass is 758 g/mol. The lowest BCUT2D eigenvalue weighted by Crippen LogP contribution is -1.97. The standard InChI is InChI=1S/C44H44Br2N2/c1-3-5-7-9-11-31-13-17-33(18-14-31)35-21-25-37(26-22-35)41-42(48-44-40(46)30-29-39(45)43(44)47-41)38-27-23-36(24-28-38)34-19-15-32(16-20-34)12-10-8-6-4-2/h13-30H,3-12H2,1-2H3. The molecule has 2 nitrogen and oxygen atoms in total. The Balaban J connectivity index is 1.28. The van der Waals surface area contributed by atoms with Crippen LogP contribution in [0.5, 0.6) is 0 Å². The van der Waals surface area contributed by atoms with Crippen LogP contribution in [0.1, 0.15) is 76.3 Å². The zero-order valence-electron chi connectivity index (χ0n) is 28.1. The quantitative estimate of drug-likeness (QED) is 0.103. The number of fused-ring (bicyclic) bond motifs is 1. The summed E-state index contributed by atoms with van der Waals surface area (Å²) >= 11 is 7.46. The summed E-state index contributed by atoms with van der Waals surface area (Å²) in [6.45, 7) is 4.53. The maximum Gasteiger partial charge on any atom is 0.105 e. The number of unbranched alkanes of at least 4 members (excludes halogenated alkanes) is 6. The van der Waals surface area contributed by atoms with Crippen molar-refractivity contribution in [1.29, 1.82) is 0 Å². The maximum atomic E-state index is 5.22. The normalized spacial score (nSPS) is 11.3. The second-order valence-corrected chi connectivity index (χ2v) is 14.5. The molecule has 6 rings (SSSR count). The minimum absolute atomic E-state index is 0.841. The molecule has 0 amide bonds. The molecular formula is C44H44Br2N2. The SMILES string of the molecule is CCCCCCc1ccc(-c2ccc(-c3nc4c(Br)ccc(Br)c4nc3-c3ccc(-c4ccc(CCCCCC)cc4)cc3)cc2)cc1. The van der Waals surface area contributed by atoms with Gasteiger partial charge in [-0.05, 0) is 103 Å². The van der Waals surface area contributed by atoms with Gasteiger partial charge in [-0.25, -0.2) is 9.97 Å². The highest BCUT2D eigenvalue weighted by Crippen LogP contribution is 2.37. The van der Waals surface area contributed by atoms with Crippen molar-refractivity contribution >= 4 is 42.9 Å². The summed E-state index contributed by atoms with van der Waals surface area (Å²) in [5.41, 5.74) is 13.2. The minimum Gasteiger partial charge on any atom is -0.243 e. The van der Waals surface area contributed by atoms with E-state index >= 15 is 0 Å². The van der Waals surface area contributed by atoms with E-state index in [4.69, 9.17) is 9.97 Å². The molecule has 6 aromatic rings. The first-order valence-electron chi connectivity index (χ1n) is 17.6. The van der Waals surface area contributed by atoms with Crippen LogP contribution in [0.2, 0.25) is 0 Å². The molecule has 48 heavy (non-hydrogen) atoms. The smallest absolute Gasteiger partial charge is 0.105 e. The summed E-state index contributed by atoms with van der Waals surface area (Å²) in [4.78, 5) is 10.4. The summed E-state index contributed by atoms with van der Waals surface area (Å²) in [5.74, 6) is 0. The molecule has 0 N–H and O–H groups in total. The first kappa shape index (κ1) is 34.3. The van der Waals surface area contributed by atoms with Crippen LogP contribution in [0.4, 0.5) is 0 Å². The van der Waals surface area contributed by atoms with E-state index in [1.807, 2.05) is 12.1 Å². The Morgan fingerprint density at radius 3 is 1.02 bits per heavy atom. The zero-order chi connectivity index (χ0) is 33.3. The van der Waals surface area contributed by atoms with E-state index in [0.717, 1.165) is 55.3 Å². The molecule has 244 valence electrons. The summed E-state index contributed by atoms with van der Waals surface area (Å²) in [5, 5.41) is 0. The van der Waals surface area contributed by atoms with Crippen molar-refractivity contribution in [2.24, 2.45) is 0 Å². The van der Waals surface area contributed by atoms with Gasteiger partial charge in [0.05, 0.1) is 11.4 Å². The number of hydrogen-bond donors (Lipinski definition) is 0.